The second-order valence-electron chi connectivity index (χ2n) is 8.35. The fourth-order valence-corrected chi connectivity index (χ4v) is 3.94. The molecule has 190 valence electrons. The molecule has 36 heavy (non-hydrogen) atoms. The molecule has 3 heterocycles. The van der Waals surface area contributed by atoms with Gasteiger partial charge >= 0.3 is 12.2 Å². The fraction of sp³-hybridized carbons (Fsp3) is 0.333. The number of rotatable bonds is 7. The predicted molar refractivity (Wildman–Crippen MR) is 130 cm³/mol. The van der Waals surface area contributed by atoms with E-state index in [4.69, 9.17) is 16.3 Å². The van der Waals surface area contributed by atoms with E-state index in [1.807, 2.05) is 4.90 Å². The molecule has 0 atom stereocenters. The van der Waals surface area contributed by atoms with Crippen molar-refractivity contribution in [2.75, 3.05) is 37.5 Å². The zero-order valence-corrected chi connectivity index (χ0v) is 20.4. The van der Waals surface area contributed by atoms with Crippen LogP contribution in [0.15, 0.2) is 42.6 Å². The molecule has 0 radical (unpaired) electrons. The molecule has 8 nitrogen and oxygen atoms in total. The zero-order chi connectivity index (χ0) is 25.9. The van der Waals surface area contributed by atoms with Crippen LogP contribution in [0.5, 0.6) is 6.01 Å². The Morgan fingerprint density at radius 1 is 1.19 bits per heavy atom. The number of carbonyl (C=O) groups excluding carboxylic acids is 1. The molecule has 0 unspecified atom stereocenters. The van der Waals surface area contributed by atoms with Gasteiger partial charge < -0.3 is 19.9 Å². The third kappa shape index (κ3) is 5.96. The molecule has 1 aliphatic heterocycles. The van der Waals surface area contributed by atoms with Crippen LogP contribution in [0.2, 0.25) is 5.02 Å². The van der Waals surface area contributed by atoms with E-state index in [1.54, 1.807) is 32.4 Å². The maximum Gasteiger partial charge on any atom is 0.416 e. The monoisotopic (exact) mass is 520 g/mol. The second-order valence-corrected chi connectivity index (χ2v) is 8.75. The second kappa shape index (κ2) is 10.6. The highest BCUT2D eigenvalue weighted by Gasteiger charge is 2.30. The van der Waals surface area contributed by atoms with Crippen LogP contribution in [-0.4, -0.2) is 53.0 Å². The molecule has 4 rings (SSSR count). The van der Waals surface area contributed by atoms with Crippen LogP contribution >= 0.6 is 11.6 Å². The first kappa shape index (κ1) is 25.5. The van der Waals surface area contributed by atoms with Gasteiger partial charge in [0.2, 0.25) is 5.91 Å². The number of pyridine rings is 1. The van der Waals surface area contributed by atoms with Crippen molar-refractivity contribution < 1.29 is 22.7 Å². The quantitative estimate of drug-likeness (QED) is 0.483. The van der Waals surface area contributed by atoms with Crippen molar-refractivity contribution in [1.29, 1.82) is 0 Å². The smallest absolute Gasteiger partial charge is 0.416 e. The molecule has 3 aromatic rings. The minimum atomic E-state index is -4.42. The summed E-state index contributed by atoms with van der Waals surface area (Å²) in [6.07, 6.45) is -2.08. The maximum absolute atomic E-state index is 13.0. The molecule has 0 bridgehead atoms. The molecule has 2 aromatic heterocycles. The van der Waals surface area contributed by atoms with E-state index in [0.29, 0.717) is 47.6 Å². The molecule has 1 aliphatic rings. The number of nitrogens with one attached hydrogen (secondary N) is 1. The molecule has 1 N–H and O–H groups in total. The lowest BCUT2D eigenvalue weighted by Crippen LogP contribution is -2.33. The van der Waals surface area contributed by atoms with Gasteiger partial charge in [-0.2, -0.15) is 23.1 Å². The molecule has 1 amide bonds. The van der Waals surface area contributed by atoms with Crippen molar-refractivity contribution in [3.8, 4) is 6.01 Å². The molecule has 0 aliphatic carbocycles. The normalized spacial score (nSPS) is 13.2. The van der Waals surface area contributed by atoms with Crippen molar-refractivity contribution in [3.05, 3.63) is 64.4 Å². The minimum absolute atomic E-state index is 0.0590. The van der Waals surface area contributed by atoms with E-state index in [2.05, 4.69) is 20.3 Å². The van der Waals surface area contributed by atoms with Crippen LogP contribution in [-0.2, 0) is 23.9 Å². The molecular formula is C24H24ClF3N6O2. The van der Waals surface area contributed by atoms with Crippen LogP contribution in [0.1, 0.15) is 23.2 Å². The van der Waals surface area contributed by atoms with E-state index < -0.39 is 11.7 Å². The Morgan fingerprint density at radius 3 is 2.61 bits per heavy atom. The summed E-state index contributed by atoms with van der Waals surface area (Å²) in [6.45, 7) is 1.04. The Labute approximate surface area is 211 Å². The van der Waals surface area contributed by atoms with Gasteiger partial charge in [-0.05, 0) is 42.8 Å². The topological polar surface area (TPSA) is 83.5 Å². The summed E-state index contributed by atoms with van der Waals surface area (Å²) in [5.41, 5.74) is 1.18. The average molecular weight is 521 g/mol. The average Bonchev–Trinajstić information content (AvgIpc) is 2.83. The highest BCUT2D eigenvalue weighted by atomic mass is 35.5. The van der Waals surface area contributed by atoms with Crippen LogP contribution in [0.3, 0.4) is 0 Å². The van der Waals surface area contributed by atoms with Crippen molar-refractivity contribution in [2.45, 2.75) is 25.6 Å². The number of anilines is 3. The number of hydrogen-bond acceptors (Lipinski definition) is 7. The van der Waals surface area contributed by atoms with Crippen LogP contribution in [0, 0.1) is 0 Å². The largest absolute Gasteiger partial charge is 0.463 e. The number of amides is 1. The molecule has 1 aromatic carbocycles. The summed E-state index contributed by atoms with van der Waals surface area (Å²) < 4.78 is 44.5. The van der Waals surface area contributed by atoms with Gasteiger partial charge in [-0.1, -0.05) is 11.6 Å². The SMILES string of the molecule is CN(C)C(=O)CCOc1nc2c(c(Nc3ccc(C(F)(F)F)cc3)n1)CCN(c1ncccc1Cl)C2. The van der Waals surface area contributed by atoms with Crippen LogP contribution in [0.4, 0.5) is 30.5 Å². The highest BCUT2D eigenvalue weighted by molar-refractivity contribution is 6.32. The Balaban J connectivity index is 1.61. The lowest BCUT2D eigenvalue weighted by Gasteiger charge is -2.30. The summed E-state index contributed by atoms with van der Waals surface area (Å²) in [7, 11) is 3.31. The predicted octanol–water partition coefficient (Wildman–Crippen LogP) is 4.71. The van der Waals surface area contributed by atoms with Gasteiger partial charge in [-0.25, -0.2) is 4.98 Å². The number of aromatic nitrogens is 3. The van der Waals surface area contributed by atoms with Crippen molar-refractivity contribution in [3.63, 3.8) is 0 Å². The first-order valence-corrected chi connectivity index (χ1v) is 11.5. The molecular weight excluding hydrogens is 497 g/mol. The number of nitrogens with zero attached hydrogens (tertiary/aromatic N) is 5. The molecule has 0 saturated carbocycles. The van der Waals surface area contributed by atoms with Crippen LogP contribution in [0.25, 0.3) is 0 Å². The number of hydrogen-bond donors (Lipinski definition) is 1. The Hall–Kier alpha value is -3.60. The van der Waals surface area contributed by atoms with E-state index in [9.17, 15) is 18.0 Å². The number of carbonyl (C=O) groups is 1. The minimum Gasteiger partial charge on any atom is -0.463 e. The first-order chi connectivity index (χ1) is 17.1. The van der Waals surface area contributed by atoms with Crippen molar-refractivity contribution in [1.82, 2.24) is 19.9 Å². The van der Waals surface area contributed by atoms with Gasteiger partial charge in [0, 0.05) is 38.1 Å². The van der Waals surface area contributed by atoms with E-state index in [-0.39, 0.29) is 24.9 Å². The summed E-state index contributed by atoms with van der Waals surface area (Å²) in [4.78, 5) is 28.7. The Bertz CT molecular complexity index is 1240. The highest BCUT2D eigenvalue weighted by Crippen LogP contribution is 2.33. The summed E-state index contributed by atoms with van der Waals surface area (Å²) in [5.74, 6) is 0.951. The number of halogens is 4. The van der Waals surface area contributed by atoms with Crippen molar-refractivity contribution in [2.24, 2.45) is 0 Å². The third-order valence-corrected chi connectivity index (χ3v) is 5.90. The summed E-state index contributed by atoms with van der Waals surface area (Å²) in [6, 6.07) is 8.26. The number of fused-ring (bicyclic) bond motifs is 1. The molecule has 0 fully saturated rings. The number of ether oxygens (including phenoxy) is 1. The van der Waals surface area contributed by atoms with Gasteiger partial charge in [0.05, 0.1) is 29.2 Å². The number of benzene rings is 1. The molecule has 12 heteroatoms. The fourth-order valence-electron chi connectivity index (χ4n) is 3.70. The van der Waals surface area contributed by atoms with E-state index >= 15 is 0 Å². The standard InChI is InChI=1S/C24H24ClF3N6O2/c1-33(2)20(35)10-13-36-23-31-19-14-34(22-18(25)4-3-11-29-22)12-9-17(19)21(32-23)30-16-7-5-15(6-8-16)24(26,27)28/h3-8,11H,9-10,12-14H2,1-2H3,(H,30,31,32). The van der Waals surface area contributed by atoms with E-state index in [1.165, 1.54) is 17.0 Å². The van der Waals surface area contributed by atoms with Gasteiger partial charge in [-0.15, -0.1) is 0 Å². The van der Waals surface area contributed by atoms with Gasteiger partial charge in [0.1, 0.15) is 18.2 Å². The molecule has 0 saturated heterocycles. The van der Waals surface area contributed by atoms with E-state index in [0.717, 1.165) is 17.7 Å². The Kier molecular flexibility index (Phi) is 7.48. The molecule has 0 spiro atoms. The van der Waals surface area contributed by atoms with Gasteiger partial charge in [0.25, 0.3) is 0 Å². The number of alkyl halides is 3. The summed E-state index contributed by atoms with van der Waals surface area (Å²) >= 11 is 6.33. The lowest BCUT2D eigenvalue weighted by atomic mass is 10.1. The Morgan fingerprint density at radius 2 is 1.94 bits per heavy atom. The maximum atomic E-state index is 13.0. The zero-order valence-electron chi connectivity index (χ0n) is 19.6. The van der Waals surface area contributed by atoms with Crippen LogP contribution < -0.4 is 15.0 Å². The first-order valence-electron chi connectivity index (χ1n) is 11.1. The van der Waals surface area contributed by atoms with Gasteiger partial charge in [0.15, 0.2) is 0 Å². The third-order valence-electron chi connectivity index (χ3n) is 5.60. The lowest BCUT2D eigenvalue weighted by molar-refractivity contribution is -0.137. The van der Waals surface area contributed by atoms with Gasteiger partial charge in [-0.3, -0.25) is 4.79 Å². The van der Waals surface area contributed by atoms with Crippen molar-refractivity contribution >= 4 is 34.8 Å². The summed E-state index contributed by atoms with van der Waals surface area (Å²) in [5, 5.41) is 3.61.